The Bertz CT molecular complexity index is 1100. The number of piperazine rings is 1. The minimum atomic E-state index is -3.75. The van der Waals surface area contributed by atoms with Crippen molar-refractivity contribution in [1.82, 2.24) is 14.8 Å². The lowest BCUT2D eigenvalue weighted by molar-refractivity contribution is -0.0461. The van der Waals surface area contributed by atoms with Crippen LogP contribution in [0.1, 0.15) is 33.3 Å². The molecule has 0 spiro atoms. The molecule has 1 amide bonds. The first-order valence-corrected chi connectivity index (χ1v) is 12.5. The van der Waals surface area contributed by atoms with Crippen molar-refractivity contribution in [1.29, 1.82) is 0 Å². The molecule has 1 aromatic heterocycles. The van der Waals surface area contributed by atoms with Gasteiger partial charge in [-0.05, 0) is 42.2 Å². The monoisotopic (exact) mass is 494 g/mol. The zero-order valence-electron chi connectivity index (χ0n) is 19.6. The van der Waals surface area contributed by atoms with E-state index in [2.05, 4.69) is 30.7 Å². The third-order valence-corrected chi connectivity index (χ3v) is 8.67. The van der Waals surface area contributed by atoms with Crippen LogP contribution in [0, 0.1) is 5.41 Å². The fraction of sp³-hybridized carbons (Fsp3) is 0.478. The Balaban J connectivity index is 1.74. The first kappa shape index (κ1) is 25.3. The molecular weight excluding hydrogens is 464 g/mol. The van der Waals surface area contributed by atoms with Crippen LogP contribution in [0.2, 0.25) is 5.15 Å². The van der Waals surface area contributed by atoms with Gasteiger partial charge in [0.05, 0.1) is 11.2 Å². The molecule has 2 aromatic rings. The van der Waals surface area contributed by atoms with E-state index in [1.54, 1.807) is 17.0 Å². The van der Waals surface area contributed by atoms with E-state index in [0.29, 0.717) is 31.9 Å². The number of carboxylic acid groups (broad SMARTS) is 1. The highest BCUT2D eigenvalue weighted by Gasteiger charge is 2.48. The second-order valence-corrected chi connectivity index (χ2v) is 12.0. The average molecular weight is 495 g/mol. The quantitative estimate of drug-likeness (QED) is 0.627. The smallest absolute Gasteiger partial charge is 0.407 e. The van der Waals surface area contributed by atoms with Gasteiger partial charge in [0.25, 0.3) is 10.0 Å². The maximum atomic E-state index is 12.9. The van der Waals surface area contributed by atoms with Crippen molar-refractivity contribution in [2.45, 2.75) is 44.7 Å². The van der Waals surface area contributed by atoms with Crippen LogP contribution in [0.15, 0.2) is 47.5 Å². The van der Waals surface area contributed by atoms with E-state index in [-0.39, 0.29) is 15.5 Å². The standard InChI is InChI=1S/C23H31ClN4O4S/c1-22(2,3)23(4)16-27(12-13-28(23)21(29)30)15-17-6-8-18(9-7-17)26(5)33(31,32)19-10-11-20(24)25-14-19/h6-11,14H,12-13,15-16H2,1-5H3,(H,29,30)/t23-/m1/s1. The summed E-state index contributed by atoms with van der Waals surface area (Å²) in [5.74, 6) is 0. The predicted molar refractivity (Wildman–Crippen MR) is 129 cm³/mol. The molecule has 8 nitrogen and oxygen atoms in total. The number of anilines is 1. The minimum absolute atomic E-state index is 0.0660. The normalized spacial score (nSPS) is 20.0. The Hall–Kier alpha value is -2.36. The zero-order chi connectivity index (χ0) is 24.6. The van der Waals surface area contributed by atoms with Gasteiger partial charge in [0.2, 0.25) is 0 Å². The molecule has 1 aliphatic heterocycles. The molecule has 1 N–H and O–H groups in total. The Kier molecular flexibility index (Phi) is 6.98. The number of carbonyl (C=O) groups is 1. The molecule has 3 rings (SSSR count). The van der Waals surface area contributed by atoms with Gasteiger partial charge in [0, 0.05) is 39.4 Å². The number of aromatic nitrogens is 1. The van der Waals surface area contributed by atoms with Crippen LogP contribution in [0.3, 0.4) is 0 Å². The molecule has 0 aliphatic carbocycles. The van der Waals surface area contributed by atoms with Gasteiger partial charge < -0.3 is 5.11 Å². The maximum Gasteiger partial charge on any atom is 0.407 e. The highest BCUT2D eigenvalue weighted by molar-refractivity contribution is 7.92. The minimum Gasteiger partial charge on any atom is -0.465 e. The van der Waals surface area contributed by atoms with Crippen LogP contribution >= 0.6 is 11.6 Å². The number of nitrogens with zero attached hydrogens (tertiary/aromatic N) is 4. The van der Waals surface area contributed by atoms with Gasteiger partial charge in [-0.15, -0.1) is 0 Å². The van der Waals surface area contributed by atoms with Crippen LogP contribution in [0.5, 0.6) is 0 Å². The molecule has 1 saturated heterocycles. The van der Waals surface area contributed by atoms with Crippen molar-refractivity contribution < 1.29 is 18.3 Å². The van der Waals surface area contributed by atoms with E-state index in [1.807, 2.05) is 19.1 Å². The van der Waals surface area contributed by atoms with Crippen LogP contribution in [0.25, 0.3) is 0 Å². The molecule has 0 saturated carbocycles. The average Bonchev–Trinajstić information content (AvgIpc) is 2.73. The largest absolute Gasteiger partial charge is 0.465 e. The maximum absolute atomic E-state index is 12.9. The number of pyridine rings is 1. The summed E-state index contributed by atoms with van der Waals surface area (Å²) in [5.41, 5.74) is 0.793. The van der Waals surface area contributed by atoms with Gasteiger partial charge in [-0.3, -0.25) is 14.1 Å². The fourth-order valence-electron chi connectivity index (χ4n) is 4.05. The Morgan fingerprint density at radius 3 is 2.33 bits per heavy atom. The Morgan fingerprint density at radius 2 is 1.82 bits per heavy atom. The van der Waals surface area contributed by atoms with Crippen molar-refractivity contribution in [3.05, 3.63) is 53.3 Å². The molecule has 1 atom stereocenters. The fourth-order valence-corrected chi connectivity index (χ4v) is 5.31. The van der Waals surface area contributed by atoms with Crippen LogP contribution < -0.4 is 4.31 Å². The van der Waals surface area contributed by atoms with Crippen LogP contribution in [0.4, 0.5) is 10.5 Å². The third kappa shape index (κ3) is 5.10. The summed E-state index contributed by atoms with van der Waals surface area (Å²) >= 11 is 5.77. The SMILES string of the molecule is CN(c1ccc(CN2CCN(C(=O)O)[C@@](C)(C(C)(C)C)C2)cc1)S(=O)(=O)c1ccc(Cl)nc1. The first-order chi connectivity index (χ1) is 15.3. The lowest BCUT2D eigenvalue weighted by Crippen LogP contribution is -2.67. The molecular formula is C23H31ClN4O4S. The lowest BCUT2D eigenvalue weighted by atomic mass is 9.72. The molecule has 0 unspecified atom stereocenters. The van der Waals surface area contributed by atoms with Gasteiger partial charge >= 0.3 is 6.09 Å². The summed E-state index contributed by atoms with van der Waals surface area (Å²) in [6.07, 6.45) is 0.350. The van der Waals surface area contributed by atoms with E-state index in [0.717, 1.165) is 5.56 Å². The molecule has 180 valence electrons. The summed E-state index contributed by atoms with van der Waals surface area (Å²) in [5, 5.41) is 9.93. The highest BCUT2D eigenvalue weighted by Crippen LogP contribution is 2.38. The lowest BCUT2D eigenvalue weighted by Gasteiger charge is -2.54. The number of rotatable bonds is 5. The van der Waals surface area contributed by atoms with Crippen molar-refractivity contribution in [2.75, 3.05) is 31.0 Å². The second-order valence-electron chi connectivity index (χ2n) is 9.62. The third-order valence-electron chi connectivity index (χ3n) is 6.68. The number of halogens is 1. The summed E-state index contributed by atoms with van der Waals surface area (Å²) < 4.78 is 27.0. The topological polar surface area (TPSA) is 94.0 Å². The van der Waals surface area contributed by atoms with Crippen molar-refractivity contribution in [2.24, 2.45) is 5.41 Å². The Labute approximate surface area is 200 Å². The molecule has 10 heteroatoms. The molecule has 1 aromatic carbocycles. The van der Waals surface area contributed by atoms with Gasteiger partial charge in [-0.2, -0.15) is 0 Å². The number of hydrogen-bond acceptors (Lipinski definition) is 5. The number of amides is 1. The molecule has 1 aliphatic rings. The molecule has 0 bridgehead atoms. The van der Waals surface area contributed by atoms with E-state index in [9.17, 15) is 18.3 Å². The van der Waals surface area contributed by atoms with Crippen molar-refractivity contribution in [3.63, 3.8) is 0 Å². The summed E-state index contributed by atoms with van der Waals surface area (Å²) in [6, 6.07) is 10.2. The highest BCUT2D eigenvalue weighted by atomic mass is 35.5. The molecule has 1 fully saturated rings. The van der Waals surface area contributed by atoms with E-state index >= 15 is 0 Å². The Morgan fingerprint density at radius 1 is 1.18 bits per heavy atom. The van der Waals surface area contributed by atoms with Crippen molar-refractivity contribution >= 4 is 33.4 Å². The van der Waals surface area contributed by atoms with Gasteiger partial charge in [-0.25, -0.2) is 18.2 Å². The van der Waals surface area contributed by atoms with Gasteiger partial charge in [0.1, 0.15) is 10.0 Å². The second kappa shape index (κ2) is 9.12. The molecule has 0 radical (unpaired) electrons. The van der Waals surface area contributed by atoms with E-state index < -0.39 is 21.7 Å². The number of benzene rings is 1. The summed E-state index contributed by atoms with van der Waals surface area (Å²) in [7, 11) is -2.26. The molecule has 2 heterocycles. The van der Waals surface area contributed by atoms with Gasteiger partial charge in [0.15, 0.2) is 0 Å². The van der Waals surface area contributed by atoms with Gasteiger partial charge in [-0.1, -0.05) is 44.5 Å². The number of hydrogen-bond donors (Lipinski definition) is 1. The predicted octanol–water partition coefficient (Wildman–Crippen LogP) is 4.16. The van der Waals surface area contributed by atoms with Crippen LogP contribution in [-0.2, 0) is 16.6 Å². The van der Waals surface area contributed by atoms with Crippen LogP contribution in [-0.4, -0.2) is 66.6 Å². The van der Waals surface area contributed by atoms with E-state index in [1.165, 1.54) is 29.7 Å². The van der Waals surface area contributed by atoms with E-state index in [4.69, 9.17) is 11.6 Å². The summed E-state index contributed by atoms with van der Waals surface area (Å²) in [4.78, 5) is 19.6. The number of sulfonamides is 1. The zero-order valence-corrected chi connectivity index (χ0v) is 21.2. The first-order valence-electron chi connectivity index (χ1n) is 10.7. The van der Waals surface area contributed by atoms with Crippen molar-refractivity contribution in [3.8, 4) is 0 Å². The summed E-state index contributed by atoms with van der Waals surface area (Å²) in [6.45, 7) is 10.5. The molecule has 33 heavy (non-hydrogen) atoms.